The molecule has 0 fully saturated rings. The van der Waals surface area contributed by atoms with Gasteiger partial charge in [-0.15, -0.1) is 5.10 Å². The van der Waals surface area contributed by atoms with E-state index in [1.54, 1.807) is 24.3 Å². The maximum atomic E-state index is 11.7. The van der Waals surface area contributed by atoms with Crippen LogP contribution in [0.4, 0.5) is 0 Å². The van der Waals surface area contributed by atoms with Crippen LogP contribution in [-0.2, 0) is 6.54 Å². The smallest absolute Gasteiger partial charge is 0.437 e. The van der Waals surface area contributed by atoms with Crippen molar-refractivity contribution in [2.24, 2.45) is 0 Å². The quantitative estimate of drug-likeness (QED) is 0.742. The van der Waals surface area contributed by atoms with Crippen molar-refractivity contribution in [3.63, 3.8) is 0 Å². The Morgan fingerprint density at radius 2 is 2.05 bits per heavy atom. The second kappa shape index (κ2) is 6.31. The molecule has 1 aromatic carbocycles. The van der Waals surface area contributed by atoms with E-state index in [0.29, 0.717) is 11.5 Å². The Kier molecular flexibility index (Phi) is 4.06. The van der Waals surface area contributed by atoms with Crippen molar-refractivity contribution in [2.75, 3.05) is 6.61 Å². The SMILES string of the molecule is O=c1oc(-c2ccco2)nn1CC(O)COc1ccccc1. The van der Waals surface area contributed by atoms with Gasteiger partial charge in [0.25, 0.3) is 5.89 Å². The molecule has 0 saturated heterocycles. The van der Waals surface area contributed by atoms with Gasteiger partial charge in [0.2, 0.25) is 0 Å². The highest BCUT2D eigenvalue weighted by Gasteiger charge is 2.15. The number of nitrogens with zero attached hydrogens (tertiary/aromatic N) is 2. The van der Waals surface area contributed by atoms with Crippen molar-refractivity contribution in [1.82, 2.24) is 9.78 Å². The minimum absolute atomic E-state index is 0.0319. The molecule has 114 valence electrons. The molecule has 0 spiro atoms. The summed E-state index contributed by atoms with van der Waals surface area (Å²) in [7, 11) is 0. The normalized spacial score (nSPS) is 12.2. The molecule has 7 nitrogen and oxygen atoms in total. The molecule has 3 rings (SSSR count). The lowest BCUT2D eigenvalue weighted by atomic mass is 10.3. The van der Waals surface area contributed by atoms with Gasteiger partial charge in [0.15, 0.2) is 5.76 Å². The monoisotopic (exact) mass is 302 g/mol. The summed E-state index contributed by atoms with van der Waals surface area (Å²) >= 11 is 0. The molecule has 1 atom stereocenters. The molecule has 7 heteroatoms. The van der Waals surface area contributed by atoms with Crippen molar-refractivity contribution in [1.29, 1.82) is 0 Å². The standard InChI is InChI=1S/C15H14N2O5/c18-11(10-21-12-5-2-1-3-6-12)9-17-15(19)22-14(16-17)13-7-4-8-20-13/h1-8,11,18H,9-10H2. The second-order valence-electron chi connectivity index (χ2n) is 4.61. The Labute approximate surface area is 125 Å². The number of rotatable bonds is 6. The van der Waals surface area contributed by atoms with E-state index in [2.05, 4.69) is 5.10 Å². The Morgan fingerprint density at radius 3 is 2.77 bits per heavy atom. The molecule has 2 aromatic heterocycles. The average Bonchev–Trinajstić information content (AvgIpc) is 3.17. The van der Waals surface area contributed by atoms with E-state index in [0.717, 1.165) is 4.68 Å². The highest BCUT2D eigenvalue weighted by Crippen LogP contribution is 2.15. The molecule has 2 heterocycles. The van der Waals surface area contributed by atoms with Crippen molar-refractivity contribution >= 4 is 0 Å². The van der Waals surface area contributed by atoms with Gasteiger partial charge in [-0.2, -0.15) is 4.68 Å². The van der Waals surface area contributed by atoms with Gasteiger partial charge in [0.05, 0.1) is 12.8 Å². The third-order valence-electron chi connectivity index (χ3n) is 2.91. The van der Waals surface area contributed by atoms with Crippen molar-refractivity contribution < 1.29 is 18.7 Å². The zero-order valence-electron chi connectivity index (χ0n) is 11.6. The maximum absolute atomic E-state index is 11.7. The van der Waals surface area contributed by atoms with E-state index in [1.165, 1.54) is 6.26 Å². The van der Waals surface area contributed by atoms with Crippen molar-refractivity contribution in [3.05, 3.63) is 59.3 Å². The summed E-state index contributed by atoms with van der Waals surface area (Å²) in [6, 6.07) is 12.4. The Morgan fingerprint density at radius 1 is 1.23 bits per heavy atom. The zero-order chi connectivity index (χ0) is 15.4. The molecule has 0 aliphatic rings. The summed E-state index contributed by atoms with van der Waals surface area (Å²) < 4.78 is 16.5. The summed E-state index contributed by atoms with van der Waals surface area (Å²) in [5.41, 5.74) is 0. The van der Waals surface area contributed by atoms with E-state index in [4.69, 9.17) is 13.6 Å². The zero-order valence-corrected chi connectivity index (χ0v) is 11.6. The topological polar surface area (TPSA) is 90.6 Å². The molecule has 0 amide bonds. The number of para-hydroxylation sites is 1. The van der Waals surface area contributed by atoms with Gasteiger partial charge in [-0.3, -0.25) is 0 Å². The second-order valence-corrected chi connectivity index (χ2v) is 4.61. The largest absolute Gasteiger partial charge is 0.491 e. The Bertz CT molecular complexity index is 761. The number of aliphatic hydroxyl groups is 1. The average molecular weight is 302 g/mol. The lowest BCUT2D eigenvalue weighted by Crippen LogP contribution is -2.29. The predicted octanol–water partition coefficient (Wildman–Crippen LogP) is 1.54. The minimum atomic E-state index is -0.896. The molecule has 0 aliphatic carbocycles. The summed E-state index contributed by atoms with van der Waals surface area (Å²) in [5.74, 6) is 0.410. The van der Waals surface area contributed by atoms with E-state index >= 15 is 0 Å². The van der Waals surface area contributed by atoms with Gasteiger partial charge in [-0.25, -0.2) is 4.79 Å². The Hall–Kier alpha value is -2.80. The molecular weight excluding hydrogens is 288 g/mol. The van der Waals surface area contributed by atoms with Gasteiger partial charge >= 0.3 is 5.76 Å². The van der Waals surface area contributed by atoms with Gasteiger partial charge < -0.3 is 18.7 Å². The van der Waals surface area contributed by atoms with E-state index in [1.807, 2.05) is 18.2 Å². The molecule has 0 bridgehead atoms. The number of aliphatic hydroxyl groups excluding tert-OH is 1. The van der Waals surface area contributed by atoms with E-state index in [-0.39, 0.29) is 19.0 Å². The lowest BCUT2D eigenvalue weighted by Gasteiger charge is -2.11. The van der Waals surface area contributed by atoms with E-state index < -0.39 is 11.9 Å². The number of benzene rings is 1. The highest BCUT2D eigenvalue weighted by atomic mass is 16.5. The molecule has 0 radical (unpaired) electrons. The number of hydrogen-bond acceptors (Lipinski definition) is 6. The molecule has 0 saturated carbocycles. The molecule has 1 N–H and O–H groups in total. The van der Waals surface area contributed by atoms with Gasteiger partial charge in [0.1, 0.15) is 18.5 Å². The predicted molar refractivity (Wildman–Crippen MR) is 76.4 cm³/mol. The fourth-order valence-electron chi connectivity index (χ4n) is 1.88. The molecule has 0 aliphatic heterocycles. The molecule has 22 heavy (non-hydrogen) atoms. The van der Waals surface area contributed by atoms with Crippen LogP contribution in [0.5, 0.6) is 5.75 Å². The highest BCUT2D eigenvalue weighted by molar-refractivity contribution is 5.42. The molecule has 3 aromatic rings. The van der Waals surface area contributed by atoms with E-state index in [9.17, 15) is 9.90 Å². The first-order chi connectivity index (χ1) is 10.7. The van der Waals surface area contributed by atoms with Crippen LogP contribution in [0.2, 0.25) is 0 Å². The summed E-state index contributed by atoms with van der Waals surface area (Å²) in [6.07, 6.45) is 0.559. The lowest BCUT2D eigenvalue weighted by molar-refractivity contribution is 0.0875. The van der Waals surface area contributed by atoms with Crippen LogP contribution in [0.25, 0.3) is 11.7 Å². The molecule has 1 unspecified atom stereocenters. The van der Waals surface area contributed by atoms with Gasteiger partial charge in [-0.05, 0) is 24.3 Å². The fourth-order valence-corrected chi connectivity index (χ4v) is 1.88. The molecular formula is C15H14N2O5. The maximum Gasteiger partial charge on any atom is 0.437 e. The third-order valence-corrected chi connectivity index (χ3v) is 2.91. The first-order valence-corrected chi connectivity index (χ1v) is 6.70. The van der Waals surface area contributed by atoms with Crippen molar-refractivity contribution in [2.45, 2.75) is 12.6 Å². The van der Waals surface area contributed by atoms with Crippen LogP contribution in [0.1, 0.15) is 0 Å². The Balaban J connectivity index is 1.62. The number of furan rings is 1. The van der Waals surface area contributed by atoms with Gasteiger partial charge in [0, 0.05) is 0 Å². The summed E-state index contributed by atoms with van der Waals surface area (Å²) in [4.78, 5) is 11.7. The van der Waals surface area contributed by atoms with Gasteiger partial charge in [-0.1, -0.05) is 18.2 Å². The first kappa shape index (κ1) is 14.2. The minimum Gasteiger partial charge on any atom is -0.491 e. The summed E-state index contributed by atoms with van der Waals surface area (Å²) in [5, 5.41) is 13.9. The fraction of sp³-hybridized carbons (Fsp3) is 0.200. The van der Waals surface area contributed by atoms with Crippen LogP contribution < -0.4 is 10.5 Å². The van der Waals surface area contributed by atoms with Crippen LogP contribution in [0.15, 0.2) is 62.4 Å². The number of ether oxygens (including phenoxy) is 1. The van der Waals surface area contributed by atoms with Crippen LogP contribution >= 0.6 is 0 Å². The summed E-state index contributed by atoms with van der Waals surface area (Å²) in [6.45, 7) is 0.00920. The number of aromatic nitrogens is 2. The number of hydrogen-bond donors (Lipinski definition) is 1. The van der Waals surface area contributed by atoms with Crippen LogP contribution in [0.3, 0.4) is 0 Å². The third kappa shape index (κ3) is 3.26. The van der Waals surface area contributed by atoms with Crippen LogP contribution in [-0.4, -0.2) is 27.6 Å². The first-order valence-electron chi connectivity index (χ1n) is 6.70. The van der Waals surface area contributed by atoms with Crippen molar-refractivity contribution in [3.8, 4) is 17.4 Å². The van der Waals surface area contributed by atoms with Crippen LogP contribution in [0, 0.1) is 0 Å².